The molecule has 3 atom stereocenters. The van der Waals surface area contributed by atoms with Crippen molar-refractivity contribution in [2.45, 2.75) is 51.2 Å². The Bertz CT molecular complexity index is 663. The zero-order valence-electron chi connectivity index (χ0n) is 14.4. The van der Waals surface area contributed by atoms with Gasteiger partial charge in [0.2, 0.25) is 0 Å². The largest absolute Gasteiger partial charge is 0.368 e. The van der Waals surface area contributed by atoms with E-state index in [0.29, 0.717) is 12.1 Å². The van der Waals surface area contributed by atoms with Gasteiger partial charge in [0.05, 0.1) is 18.4 Å². The lowest BCUT2D eigenvalue weighted by Crippen LogP contribution is -2.31. The van der Waals surface area contributed by atoms with Crippen molar-refractivity contribution < 1.29 is 4.39 Å². The van der Waals surface area contributed by atoms with Crippen LogP contribution in [0.4, 0.5) is 4.39 Å². The monoisotopic (exact) mass is 327 g/mol. The molecule has 4 heteroatoms. The van der Waals surface area contributed by atoms with Crippen molar-refractivity contribution in [3.63, 3.8) is 0 Å². The van der Waals surface area contributed by atoms with Crippen molar-refractivity contribution in [2.24, 2.45) is 4.99 Å². The molecule has 0 fully saturated rings. The summed E-state index contributed by atoms with van der Waals surface area (Å²) in [5, 5.41) is 6.84. The van der Waals surface area contributed by atoms with E-state index in [9.17, 15) is 4.39 Å². The lowest BCUT2D eigenvalue weighted by Gasteiger charge is -2.18. The fraction of sp³-hybridized carbons (Fsp3) is 0.450. The van der Waals surface area contributed by atoms with Crippen LogP contribution in [-0.2, 0) is 6.42 Å². The molecule has 1 aliphatic heterocycles. The predicted molar refractivity (Wildman–Crippen MR) is 98.0 cm³/mol. The van der Waals surface area contributed by atoms with Crippen molar-refractivity contribution in [3.05, 3.63) is 58.9 Å². The van der Waals surface area contributed by atoms with Crippen LogP contribution in [0.25, 0.3) is 0 Å². The third kappa shape index (κ3) is 4.32. The molecule has 3 unspecified atom stereocenters. The van der Waals surface area contributed by atoms with Gasteiger partial charge < -0.3 is 10.6 Å². The van der Waals surface area contributed by atoms with Crippen LogP contribution >= 0.6 is 0 Å². The molecule has 1 aromatic carbocycles. The van der Waals surface area contributed by atoms with Gasteiger partial charge in [0.25, 0.3) is 0 Å². The van der Waals surface area contributed by atoms with Gasteiger partial charge in [-0.25, -0.2) is 4.39 Å². The van der Waals surface area contributed by atoms with Crippen molar-refractivity contribution in [3.8, 4) is 0 Å². The minimum atomic E-state index is -0.127. The molecule has 1 aromatic rings. The fourth-order valence-electron chi connectivity index (χ4n) is 3.30. The molecule has 128 valence electrons. The number of hydrogen-bond acceptors (Lipinski definition) is 3. The topological polar surface area (TPSA) is 36.4 Å². The van der Waals surface area contributed by atoms with Crippen molar-refractivity contribution >= 4 is 6.34 Å². The first-order valence-electron chi connectivity index (χ1n) is 8.77. The van der Waals surface area contributed by atoms with Gasteiger partial charge in [-0.05, 0) is 56.8 Å². The number of hydrogen-bond donors (Lipinski definition) is 2. The Balaban J connectivity index is 1.37. The third-order valence-corrected chi connectivity index (χ3v) is 4.68. The molecule has 0 radical (unpaired) electrons. The van der Waals surface area contributed by atoms with E-state index in [1.54, 1.807) is 12.4 Å². The summed E-state index contributed by atoms with van der Waals surface area (Å²) < 4.78 is 13.3. The second kappa shape index (κ2) is 7.75. The number of fused-ring (bicyclic) bond motifs is 1. The minimum absolute atomic E-state index is 0.127. The number of benzene rings is 1. The molecule has 0 bridgehead atoms. The van der Waals surface area contributed by atoms with E-state index in [1.165, 1.54) is 11.1 Å². The van der Waals surface area contributed by atoms with Crippen LogP contribution < -0.4 is 10.6 Å². The Hall–Kier alpha value is -1.94. The highest BCUT2D eigenvalue weighted by atomic mass is 19.1. The molecular formula is C20H26FN3. The Morgan fingerprint density at radius 1 is 1.38 bits per heavy atom. The number of nitrogens with zero attached hydrogens (tertiary/aromatic N) is 1. The highest BCUT2D eigenvalue weighted by molar-refractivity contribution is 5.61. The molecular weight excluding hydrogens is 301 g/mol. The Kier molecular flexibility index (Phi) is 5.46. The predicted octanol–water partition coefficient (Wildman–Crippen LogP) is 3.30. The number of aliphatic imine (C=N–C) groups is 1. The van der Waals surface area contributed by atoms with Gasteiger partial charge in [0, 0.05) is 6.04 Å². The molecule has 0 aromatic heterocycles. The molecule has 1 aliphatic carbocycles. The van der Waals surface area contributed by atoms with E-state index in [-0.39, 0.29) is 11.9 Å². The van der Waals surface area contributed by atoms with E-state index in [1.807, 2.05) is 19.1 Å². The molecule has 0 saturated heterocycles. The van der Waals surface area contributed by atoms with Crippen molar-refractivity contribution in [1.82, 2.24) is 10.6 Å². The van der Waals surface area contributed by atoms with Crippen LogP contribution in [0.15, 0.2) is 47.0 Å². The van der Waals surface area contributed by atoms with Crippen molar-refractivity contribution in [1.29, 1.82) is 0 Å². The fourth-order valence-corrected chi connectivity index (χ4v) is 3.30. The molecule has 3 rings (SSSR count). The molecule has 2 aliphatic rings. The van der Waals surface area contributed by atoms with Gasteiger partial charge in [-0.1, -0.05) is 35.9 Å². The Morgan fingerprint density at radius 2 is 2.25 bits per heavy atom. The molecule has 0 spiro atoms. The SMILES string of the molecule is Cc1cc(CC(C)NCCCC2=CC3NC=NC3C=C2)ccc1F. The van der Waals surface area contributed by atoms with Crippen LogP contribution in [0.3, 0.4) is 0 Å². The number of allylic oxidation sites excluding steroid dienone is 2. The molecule has 3 nitrogen and oxygen atoms in total. The van der Waals surface area contributed by atoms with Crippen LogP contribution in [0, 0.1) is 12.7 Å². The van der Waals surface area contributed by atoms with Crippen LogP contribution in [0.1, 0.15) is 30.9 Å². The second-order valence-corrected chi connectivity index (χ2v) is 6.81. The summed E-state index contributed by atoms with van der Waals surface area (Å²) in [4.78, 5) is 4.36. The average molecular weight is 327 g/mol. The van der Waals surface area contributed by atoms with Gasteiger partial charge in [-0.3, -0.25) is 4.99 Å². The standard InChI is InChI=1S/C20H26FN3/c1-14-10-17(5-7-18(14)21)11-15(2)22-9-3-4-16-6-8-19-20(12-16)24-13-23-19/h5-8,10,12-13,15,19-20,22H,3-4,9,11H2,1-2H3,(H,23,24). The summed E-state index contributed by atoms with van der Waals surface area (Å²) in [6, 6.07) is 6.40. The molecule has 24 heavy (non-hydrogen) atoms. The lowest BCUT2D eigenvalue weighted by molar-refractivity contribution is 0.532. The van der Waals surface area contributed by atoms with Gasteiger partial charge >= 0.3 is 0 Å². The summed E-state index contributed by atoms with van der Waals surface area (Å²) in [6.45, 7) is 4.99. The maximum absolute atomic E-state index is 13.3. The summed E-state index contributed by atoms with van der Waals surface area (Å²) in [5.74, 6) is -0.127. The van der Waals surface area contributed by atoms with E-state index in [4.69, 9.17) is 0 Å². The Labute approximate surface area is 143 Å². The van der Waals surface area contributed by atoms with E-state index < -0.39 is 0 Å². The highest BCUT2D eigenvalue weighted by Gasteiger charge is 2.22. The highest BCUT2D eigenvalue weighted by Crippen LogP contribution is 2.19. The average Bonchev–Trinajstić information content (AvgIpc) is 3.03. The summed E-state index contributed by atoms with van der Waals surface area (Å²) >= 11 is 0. The minimum Gasteiger partial charge on any atom is -0.368 e. The van der Waals surface area contributed by atoms with E-state index in [2.05, 4.69) is 40.8 Å². The summed E-state index contributed by atoms with van der Waals surface area (Å²) in [7, 11) is 0. The van der Waals surface area contributed by atoms with E-state index >= 15 is 0 Å². The normalized spacial score (nSPS) is 22.9. The van der Waals surface area contributed by atoms with Gasteiger partial charge in [-0.2, -0.15) is 0 Å². The van der Waals surface area contributed by atoms with Gasteiger partial charge in [0.1, 0.15) is 5.82 Å². The third-order valence-electron chi connectivity index (χ3n) is 4.68. The van der Waals surface area contributed by atoms with Crippen LogP contribution in [0.5, 0.6) is 0 Å². The zero-order valence-corrected chi connectivity index (χ0v) is 14.4. The van der Waals surface area contributed by atoms with E-state index in [0.717, 1.165) is 31.4 Å². The maximum atomic E-state index is 13.3. The molecule has 1 heterocycles. The molecule has 0 amide bonds. The quantitative estimate of drug-likeness (QED) is 0.754. The molecule has 0 saturated carbocycles. The van der Waals surface area contributed by atoms with Crippen molar-refractivity contribution in [2.75, 3.05) is 6.54 Å². The smallest absolute Gasteiger partial charge is 0.126 e. The number of rotatable bonds is 7. The second-order valence-electron chi connectivity index (χ2n) is 6.81. The first-order valence-corrected chi connectivity index (χ1v) is 8.77. The first-order chi connectivity index (χ1) is 11.6. The number of nitrogens with one attached hydrogen (secondary N) is 2. The van der Waals surface area contributed by atoms with Gasteiger partial charge in [-0.15, -0.1) is 0 Å². The number of halogens is 1. The lowest BCUT2D eigenvalue weighted by atomic mass is 9.96. The van der Waals surface area contributed by atoms with Crippen LogP contribution in [0.2, 0.25) is 0 Å². The Morgan fingerprint density at radius 3 is 3.08 bits per heavy atom. The van der Waals surface area contributed by atoms with Crippen LogP contribution in [-0.4, -0.2) is 31.0 Å². The maximum Gasteiger partial charge on any atom is 0.126 e. The molecule has 2 N–H and O–H groups in total. The number of aryl methyl sites for hydroxylation is 1. The van der Waals surface area contributed by atoms with Gasteiger partial charge in [0.15, 0.2) is 0 Å². The first kappa shape index (κ1) is 16.9. The summed E-state index contributed by atoms with van der Waals surface area (Å²) in [5.41, 5.74) is 3.29. The summed E-state index contributed by atoms with van der Waals surface area (Å²) in [6.07, 6.45) is 11.6. The zero-order chi connectivity index (χ0) is 16.9.